The number of carbonyl (C=O) groups is 1. The highest BCUT2D eigenvalue weighted by Gasteiger charge is 2.41. The zero-order valence-corrected chi connectivity index (χ0v) is 12.4. The number of aryl methyl sites for hydroxylation is 2. The van der Waals surface area contributed by atoms with Gasteiger partial charge in [-0.25, -0.2) is 4.98 Å². The van der Waals surface area contributed by atoms with E-state index in [9.17, 15) is 9.90 Å². The van der Waals surface area contributed by atoms with E-state index < -0.39 is 5.54 Å². The van der Waals surface area contributed by atoms with E-state index >= 15 is 0 Å². The zero-order chi connectivity index (χ0) is 13.9. The van der Waals surface area contributed by atoms with E-state index in [2.05, 4.69) is 15.7 Å². The normalized spacial score (nSPS) is 18.1. The van der Waals surface area contributed by atoms with Crippen molar-refractivity contribution in [1.82, 2.24) is 10.3 Å². The second-order valence-corrected chi connectivity index (χ2v) is 6.67. The Morgan fingerprint density at radius 2 is 2.37 bits per heavy atom. The van der Waals surface area contributed by atoms with Crippen LogP contribution in [0.4, 0.5) is 0 Å². The van der Waals surface area contributed by atoms with Crippen LogP contribution in [0.5, 0.6) is 0 Å². The highest BCUT2D eigenvalue weighted by atomic mass is 32.1. The van der Waals surface area contributed by atoms with Gasteiger partial charge in [-0.15, -0.1) is 11.3 Å². The quantitative estimate of drug-likeness (QED) is 0.804. The van der Waals surface area contributed by atoms with Gasteiger partial charge in [0.05, 0.1) is 22.8 Å². The maximum atomic E-state index is 11.9. The fourth-order valence-electron chi connectivity index (χ4n) is 2.33. The first kappa shape index (κ1) is 14.5. The molecule has 0 radical (unpaired) electrons. The van der Waals surface area contributed by atoms with Gasteiger partial charge in [0.15, 0.2) is 0 Å². The van der Waals surface area contributed by atoms with Crippen LogP contribution in [-0.2, 0) is 11.2 Å². The van der Waals surface area contributed by atoms with E-state index in [-0.39, 0.29) is 12.5 Å². The fourth-order valence-corrected chi connectivity index (χ4v) is 2.97. The smallest absolute Gasteiger partial charge is 0.220 e. The van der Waals surface area contributed by atoms with E-state index in [0.29, 0.717) is 12.3 Å². The van der Waals surface area contributed by atoms with Crippen molar-refractivity contribution in [2.75, 3.05) is 6.61 Å². The molecule has 1 atom stereocenters. The van der Waals surface area contributed by atoms with Crippen molar-refractivity contribution < 1.29 is 9.90 Å². The van der Waals surface area contributed by atoms with Crippen LogP contribution in [0.3, 0.4) is 0 Å². The Hall–Kier alpha value is -0.940. The van der Waals surface area contributed by atoms with Gasteiger partial charge >= 0.3 is 0 Å². The SMILES string of the molecule is Cc1nc(CCCC(=O)N[C@](C)(CO)C2CC2)cs1. The minimum absolute atomic E-state index is 0.0225. The van der Waals surface area contributed by atoms with Crippen molar-refractivity contribution in [3.05, 3.63) is 16.1 Å². The molecule has 0 saturated heterocycles. The summed E-state index contributed by atoms with van der Waals surface area (Å²) in [5.74, 6) is 0.484. The van der Waals surface area contributed by atoms with Crippen LogP contribution < -0.4 is 5.32 Å². The van der Waals surface area contributed by atoms with Gasteiger partial charge in [-0.1, -0.05) is 0 Å². The maximum absolute atomic E-state index is 11.9. The molecule has 2 N–H and O–H groups in total. The molecule has 0 aromatic carbocycles. The third-order valence-electron chi connectivity index (χ3n) is 3.74. The van der Waals surface area contributed by atoms with E-state index in [1.54, 1.807) is 11.3 Å². The van der Waals surface area contributed by atoms with Gasteiger partial charge in [-0.3, -0.25) is 4.79 Å². The summed E-state index contributed by atoms with van der Waals surface area (Å²) in [6.07, 6.45) is 4.36. The Kier molecular flexibility index (Phi) is 4.58. The molecule has 0 bridgehead atoms. The van der Waals surface area contributed by atoms with Crippen molar-refractivity contribution in [3.63, 3.8) is 0 Å². The average Bonchev–Trinajstić information content (AvgIpc) is 3.14. The number of aromatic nitrogens is 1. The lowest BCUT2D eigenvalue weighted by atomic mass is 9.96. The van der Waals surface area contributed by atoms with Crippen molar-refractivity contribution in [2.24, 2.45) is 5.92 Å². The first-order chi connectivity index (χ1) is 9.03. The highest BCUT2D eigenvalue weighted by Crippen LogP contribution is 2.39. The lowest BCUT2D eigenvalue weighted by Gasteiger charge is -2.28. The number of carbonyl (C=O) groups excluding carboxylic acids is 1. The number of thiazole rings is 1. The fraction of sp³-hybridized carbons (Fsp3) is 0.714. The van der Waals surface area contributed by atoms with Gasteiger partial charge in [-0.2, -0.15) is 0 Å². The van der Waals surface area contributed by atoms with Crippen LogP contribution in [0.15, 0.2) is 5.38 Å². The molecule has 1 amide bonds. The monoisotopic (exact) mass is 282 g/mol. The Balaban J connectivity index is 1.72. The van der Waals surface area contributed by atoms with Gasteiger partial charge in [0.25, 0.3) is 0 Å². The summed E-state index contributed by atoms with van der Waals surface area (Å²) in [6.45, 7) is 3.95. The standard InChI is InChI=1S/C14H22N2O2S/c1-10-15-12(8-19-10)4-3-5-13(18)16-14(2,9-17)11-6-7-11/h8,11,17H,3-7,9H2,1-2H3,(H,16,18)/t14-/m1/s1. The van der Waals surface area contributed by atoms with Gasteiger partial charge in [0.1, 0.15) is 0 Å². The van der Waals surface area contributed by atoms with E-state index in [0.717, 1.165) is 36.4 Å². The Morgan fingerprint density at radius 1 is 1.63 bits per heavy atom. The third kappa shape index (κ3) is 4.01. The van der Waals surface area contributed by atoms with Gasteiger partial charge in [-0.05, 0) is 45.4 Å². The minimum atomic E-state index is -0.422. The zero-order valence-electron chi connectivity index (χ0n) is 11.6. The summed E-state index contributed by atoms with van der Waals surface area (Å²) in [5.41, 5.74) is 0.649. The molecule has 19 heavy (non-hydrogen) atoms. The molecule has 5 heteroatoms. The summed E-state index contributed by atoms with van der Waals surface area (Å²) in [4.78, 5) is 16.3. The predicted octanol–water partition coefficient (Wildman–Crippen LogP) is 2.05. The predicted molar refractivity (Wildman–Crippen MR) is 76.1 cm³/mol. The van der Waals surface area contributed by atoms with Crippen LogP contribution in [0, 0.1) is 12.8 Å². The van der Waals surface area contributed by atoms with Crippen molar-refractivity contribution in [1.29, 1.82) is 0 Å². The van der Waals surface area contributed by atoms with Crippen LogP contribution in [0.25, 0.3) is 0 Å². The molecule has 2 rings (SSSR count). The van der Waals surface area contributed by atoms with Crippen LogP contribution in [0.1, 0.15) is 43.3 Å². The number of rotatable bonds is 7. The van der Waals surface area contributed by atoms with E-state index in [1.165, 1.54) is 0 Å². The number of nitrogens with zero attached hydrogens (tertiary/aromatic N) is 1. The summed E-state index contributed by atoms with van der Waals surface area (Å²) >= 11 is 1.64. The lowest BCUT2D eigenvalue weighted by molar-refractivity contribution is -0.123. The molecule has 1 aromatic rings. The number of aliphatic hydroxyl groups excluding tert-OH is 1. The average molecular weight is 282 g/mol. The van der Waals surface area contributed by atoms with Gasteiger partial charge < -0.3 is 10.4 Å². The van der Waals surface area contributed by atoms with Gasteiger partial charge in [0, 0.05) is 11.8 Å². The molecule has 1 saturated carbocycles. The molecule has 106 valence electrons. The molecule has 0 spiro atoms. The maximum Gasteiger partial charge on any atom is 0.220 e. The van der Waals surface area contributed by atoms with E-state index in [4.69, 9.17) is 0 Å². The number of nitrogens with one attached hydrogen (secondary N) is 1. The third-order valence-corrected chi connectivity index (χ3v) is 4.56. The summed E-state index contributed by atoms with van der Waals surface area (Å²) in [6, 6.07) is 0. The molecule has 1 heterocycles. The number of hydrogen-bond donors (Lipinski definition) is 2. The minimum Gasteiger partial charge on any atom is -0.394 e. The lowest BCUT2D eigenvalue weighted by Crippen LogP contribution is -2.50. The Morgan fingerprint density at radius 3 is 2.89 bits per heavy atom. The number of hydrogen-bond acceptors (Lipinski definition) is 4. The molecule has 1 fully saturated rings. The summed E-state index contributed by atoms with van der Waals surface area (Å²) in [7, 11) is 0. The number of amides is 1. The summed E-state index contributed by atoms with van der Waals surface area (Å²) < 4.78 is 0. The van der Waals surface area contributed by atoms with Crippen molar-refractivity contribution >= 4 is 17.2 Å². The topological polar surface area (TPSA) is 62.2 Å². The highest BCUT2D eigenvalue weighted by molar-refractivity contribution is 7.09. The molecular weight excluding hydrogens is 260 g/mol. The molecular formula is C14H22N2O2S. The molecule has 1 aromatic heterocycles. The van der Waals surface area contributed by atoms with Crippen LogP contribution >= 0.6 is 11.3 Å². The molecule has 1 aliphatic carbocycles. The number of aliphatic hydroxyl groups is 1. The second kappa shape index (κ2) is 6.01. The molecule has 1 aliphatic rings. The summed E-state index contributed by atoms with van der Waals surface area (Å²) in [5, 5.41) is 15.5. The van der Waals surface area contributed by atoms with Crippen molar-refractivity contribution in [2.45, 2.75) is 51.5 Å². The van der Waals surface area contributed by atoms with E-state index in [1.807, 2.05) is 13.8 Å². The Bertz CT molecular complexity index is 442. The first-order valence-corrected chi connectivity index (χ1v) is 7.74. The largest absolute Gasteiger partial charge is 0.394 e. The van der Waals surface area contributed by atoms with Crippen molar-refractivity contribution in [3.8, 4) is 0 Å². The molecule has 0 unspecified atom stereocenters. The Labute approximate surface area is 118 Å². The molecule has 4 nitrogen and oxygen atoms in total. The van der Waals surface area contributed by atoms with Crippen LogP contribution in [-0.4, -0.2) is 28.1 Å². The first-order valence-electron chi connectivity index (χ1n) is 6.86. The van der Waals surface area contributed by atoms with Gasteiger partial charge in [0.2, 0.25) is 5.91 Å². The van der Waals surface area contributed by atoms with Crippen LogP contribution in [0.2, 0.25) is 0 Å². The second-order valence-electron chi connectivity index (χ2n) is 5.61. The molecule has 0 aliphatic heterocycles.